The average molecular weight is 290 g/mol. The molecule has 4 heteroatoms. The van der Waals surface area contributed by atoms with E-state index in [4.69, 9.17) is 4.74 Å². The molecule has 1 saturated heterocycles. The predicted octanol–water partition coefficient (Wildman–Crippen LogP) is 2.75. The first kappa shape index (κ1) is 15.8. The minimum absolute atomic E-state index is 0.217. The quantitative estimate of drug-likeness (QED) is 0.876. The van der Waals surface area contributed by atoms with E-state index in [1.165, 1.54) is 12.0 Å². The first-order valence-corrected chi connectivity index (χ1v) is 7.86. The zero-order chi connectivity index (χ0) is 15.1. The molecule has 1 atom stereocenters. The zero-order valence-electron chi connectivity index (χ0n) is 13.1. The summed E-state index contributed by atoms with van der Waals surface area (Å²) in [5, 5.41) is 3.42. The van der Waals surface area contributed by atoms with Crippen molar-refractivity contribution in [1.82, 2.24) is 10.2 Å². The van der Waals surface area contributed by atoms with Gasteiger partial charge in [-0.3, -0.25) is 4.79 Å². The molecule has 1 aliphatic rings. The van der Waals surface area contributed by atoms with Crippen LogP contribution in [0.2, 0.25) is 0 Å². The van der Waals surface area contributed by atoms with Crippen LogP contribution in [0.15, 0.2) is 24.3 Å². The van der Waals surface area contributed by atoms with E-state index in [0.29, 0.717) is 13.0 Å². The van der Waals surface area contributed by atoms with Gasteiger partial charge in [0, 0.05) is 32.1 Å². The average Bonchev–Trinajstić information content (AvgIpc) is 2.55. The second-order valence-corrected chi connectivity index (χ2v) is 5.64. The Morgan fingerprint density at radius 3 is 2.81 bits per heavy atom. The van der Waals surface area contributed by atoms with Gasteiger partial charge in [0.05, 0.1) is 7.11 Å². The van der Waals surface area contributed by atoms with E-state index >= 15 is 0 Å². The molecule has 1 fully saturated rings. The number of carbonyl (C=O) groups is 1. The second kappa shape index (κ2) is 8.03. The van der Waals surface area contributed by atoms with Crippen LogP contribution in [0.1, 0.15) is 44.2 Å². The summed E-state index contributed by atoms with van der Waals surface area (Å²) >= 11 is 0. The Bertz CT molecular complexity index is 456. The smallest absolute Gasteiger partial charge is 0.223 e. The van der Waals surface area contributed by atoms with Gasteiger partial charge in [0.25, 0.3) is 0 Å². The lowest BCUT2D eigenvalue weighted by atomic mass is 10.1. The third-order valence-electron chi connectivity index (χ3n) is 4.09. The minimum Gasteiger partial charge on any atom is -0.497 e. The van der Waals surface area contributed by atoms with E-state index in [1.54, 1.807) is 7.11 Å². The lowest BCUT2D eigenvalue weighted by molar-refractivity contribution is -0.132. The molecule has 0 saturated carbocycles. The van der Waals surface area contributed by atoms with Gasteiger partial charge in [-0.2, -0.15) is 0 Å². The van der Waals surface area contributed by atoms with E-state index in [-0.39, 0.29) is 11.9 Å². The number of amides is 1. The largest absolute Gasteiger partial charge is 0.497 e. The number of piperidine rings is 1. The summed E-state index contributed by atoms with van der Waals surface area (Å²) in [5.74, 6) is 1.14. The number of ether oxygens (including phenoxy) is 1. The van der Waals surface area contributed by atoms with Gasteiger partial charge in [0.15, 0.2) is 0 Å². The first-order valence-electron chi connectivity index (χ1n) is 7.86. The Hall–Kier alpha value is -1.55. The van der Waals surface area contributed by atoms with Crippen LogP contribution in [-0.4, -0.2) is 37.6 Å². The molecule has 0 aromatic heterocycles. The first-order chi connectivity index (χ1) is 10.2. The molecule has 1 heterocycles. The number of carbonyl (C=O) groups excluding carboxylic acids is 1. The molecule has 1 amide bonds. The Morgan fingerprint density at radius 1 is 1.33 bits per heavy atom. The summed E-state index contributed by atoms with van der Waals surface area (Å²) in [6.45, 7) is 4.70. The molecule has 1 aromatic carbocycles. The highest BCUT2D eigenvalue weighted by molar-refractivity contribution is 5.76. The maximum atomic E-state index is 12.1. The molecule has 1 aliphatic heterocycles. The fraction of sp³-hybridized carbons (Fsp3) is 0.588. The van der Waals surface area contributed by atoms with Gasteiger partial charge in [0.2, 0.25) is 5.91 Å². The van der Waals surface area contributed by atoms with Gasteiger partial charge in [-0.25, -0.2) is 0 Å². The second-order valence-electron chi connectivity index (χ2n) is 5.64. The lowest BCUT2D eigenvalue weighted by Crippen LogP contribution is -2.37. The van der Waals surface area contributed by atoms with Gasteiger partial charge < -0.3 is 15.0 Å². The summed E-state index contributed by atoms with van der Waals surface area (Å²) in [5.41, 5.74) is 1.18. The normalized spacial score (nSPS) is 16.6. The van der Waals surface area contributed by atoms with Crippen molar-refractivity contribution in [2.75, 3.05) is 26.7 Å². The van der Waals surface area contributed by atoms with Gasteiger partial charge in [0.1, 0.15) is 5.75 Å². The molecular weight excluding hydrogens is 264 g/mol. The lowest BCUT2D eigenvalue weighted by Gasteiger charge is -2.27. The molecule has 2 rings (SSSR count). The minimum atomic E-state index is 0.217. The molecule has 0 spiro atoms. The van der Waals surface area contributed by atoms with E-state index in [0.717, 1.165) is 31.7 Å². The number of rotatable bonds is 6. The van der Waals surface area contributed by atoms with Crippen molar-refractivity contribution in [3.63, 3.8) is 0 Å². The Morgan fingerprint density at radius 2 is 2.10 bits per heavy atom. The van der Waals surface area contributed by atoms with Gasteiger partial charge in [-0.05, 0) is 43.9 Å². The third kappa shape index (κ3) is 4.74. The van der Waals surface area contributed by atoms with Crippen LogP contribution in [0.25, 0.3) is 0 Å². The zero-order valence-corrected chi connectivity index (χ0v) is 13.1. The van der Waals surface area contributed by atoms with Crippen molar-refractivity contribution in [2.24, 2.45) is 0 Å². The molecule has 0 radical (unpaired) electrons. The predicted molar refractivity (Wildman–Crippen MR) is 84.5 cm³/mol. The van der Waals surface area contributed by atoms with E-state index in [1.807, 2.05) is 23.1 Å². The van der Waals surface area contributed by atoms with Crippen molar-refractivity contribution in [1.29, 1.82) is 0 Å². The summed E-state index contributed by atoms with van der Waals surface area (Å²) in [4.78, 5) is 14.1. The maximum Gasteiger partial charge on any atom is 0.223 e. The summed E-state index contributed by atoms with van der Waals surface area (Å²) in [7, 11) is 1.68. The fourth-order valence-corrected chi connectivity index (χ4v) is 2.73. The van der Waals surface area contributed by atoms with Crippen molar-refractivity contribution in [3.05, 3.63) is 29.8 Å². The molecular formula is C17H26N2O2. The van der Waals surface area contributed by atoms with Crippen molar-refractivity contribution < 1.29 is 9.53 Å². The molecule has 1 N–H and O–H groups in total. The van der Waals surface area contributed by atoms with Crippen molar-refractivity contribution in [2.45, 2.75) is 38.6 Å². The van der Waals surface area contributed by atoms with Crippen LogP contribution in [0.3, 0.4) is 0 Å². The van der Waals surface area contributed by atoms with Crippen LogP contribution in [0, 0.1) is 0 Å². The fourth-order valence-electron chi connectivity index (χ4n) is 2.73. The van der Waals surface area contributed by atoms with Crippen LogP contribution >= 0.6 is 0 Å². The Kier molecular flexibility index (Phi) is 6.05. The van der Waals surface area contributed by atoms with Crippen molar-refractivity contribution >= 4 is 5.91 Å². The van der Waals surface area contributed by atoms with E-state index in [2.05, 4.69) is 18.3 Å². The van der Waals surface area contributed by atoms with Crippen LogP contribution in [0.5, 0.6) is 5.75 Å². The highest BCUT2D eigenvalue weighted by Crippen LogP contribution is 2.18. The Labute approximate surface area is 127 Å². The molecule has 21 heavy (non-hydrogen) atoms. The number of hydrogen-bond acceptors (Lipinski definition) is 3. The van der Waals surface area contributed by atoms with Crippen LogP contribution in [-0.2, 0) is 4.79 Å². The van der Waals surface area contributed by atoms with E-state index in [9.17, 15) is 4.79 Å². The highest BCUT2D eigenvalue weighted by atomic mass is 16.5. The molecule has 116 valence electrons. The standard InChI is InChI=1S/C17H26N2O2/c1-14(15-7-6-8-16(13-15)21-2)18-10-9-17(20)19-11-4-3-5-12-19/h6-8,13-14,18H,3-5,9-12H2,1-2H3. The molecule has 0 bridgehead atoms. The SMILES string of the molecule is COc1cccc(C(C)NCCC(=O)N2CCCCC2)c1. The van der Waals surface area contributed by atoms with Crippen LogP contribution in [0.4, 0.5) is 0 Å². The third-order valence-corrected chi connectivity index (χ3v) is 4.09. The number of hydrogen-bond donors (Lipinski definition) is 1. The van der Waals surface area contributed by atoms with Gasteiger partial charge in [-0.15, -0.1) is 0 Å². The summed E-state index contributed by atoms with van der Waals surface area (Å²) in [6.07, 6.45) is 4.14. The molecule has 0 aliphatic carbocycles. The summed E-state index contributed by atoms with van der Waals surface area (Å²) < 4.78 is 5.24. The molecule has 1 aromatic rings. The van der Waals surface area contributed by atoms with Crippen LogP contribution < -0.4 is 10.1 Å². The molecule has 1 unspecified atom stereocenters. The monoisotopic (exact) mass is 290 g/mol. The number of benzene rings is 1. The number of nitrogens with zero attached hydrogens (tertiary/aromatic N) is 1. The maximum absolute atomic E-state index is 12.1. The number of likely N-dealkylation sites (tertiary alicyclic amines) is 1. The molecule has 4 nitrogen and oxygen atoms in total. The van der Waals surface area contributed by atoms with Gasteiger partial charge in [-0.1, -0.05) is 12.1 Å². The van der Waals surface area contributed by atoms with E-state index < -0.39 is 0 Å². The number of nitrogens with one attached hydrogen (secondary N) is 1. The number of methoxy groups -OCH3 is 1. The Balaban J connectivity index is 1.75. The highest BCUT2D eigenvalue weighted by Gasteiger charge is 2.16. The topological polar surface area (TPSA) is 41.6 Å². The summed E-state index contributed by atoms with van der Waals surface area (Å²) in [6, 6.07) is 8.26. The van der Waals surface area contributed by atoms with Gasteiger partial charge >= 0.3 is 0 Å². The van der Waals surface area contributed by atoms with Crippen molar-refractivity contribution in [3.8, 4) is 5.75 Å².